The summed E-state index contributed by atoms with van der Waals surface area (Å²) in [5, 5.41) is 33.8. The first kappa shape index (κ1) is 19.8. The van der Waals surface area contributed by atoms with Crippen LogP contribution in [-0.4, -0.2) is 29.2 Å². The van der Waals surface area contributed by atoms with Crippen LogP contribution >= 0.6 is 0 Å². The molecule has 2 aromatic rings. The zero-order valence-corrected chi connectivity index (χ0v) is 12.2. The first-order chi connectivity index (χ1) is 10.4. The van der Waals surface area contributed by atoms with E-state index >= 15 is 0 Å². The van der Waals surface area contributed by atoms with Gasteiger partial charge in [-0.1, -0.05) is 7.43 Å². The molecule has 6 N–H and O–H groups in total. The van der Waals surface area contributed by atoms with Crippen LogP contribution in [0.5, 0.6) is 11.5 Å². The number of rotatable bonds is 3. The van der Waals surface area contributed by atoms with Crippen LogP contribution in [0.1, 0.15) is 7.43 Å². The lowest BCUT2D eigenvalue weighted by Crippen LogP contribution is -1.95. The molecule has 0 radical (unpaired) electrons. The van der Waals surface area contributed by atoms with Crippen LogP contribution in [0.3, 0.4) is 0 Å². The average molecular weight is 322 g/mol. The van der Waals surface area contributed by atoms with Crippen molar-refractivity contribution in [1.29, 1.82) is 0 Å². The zero-order valence-electron chi connectivity index (χ0n) is 12.2. The number of nitrogens with one attached hydrogen (secondary N) is 2. The van der Waals surface area contributed by atoms with E-state index < -0.39 is 4.92 Å². The molecule has 0 unspecified atom stereocenters. The van der Waals surface area contributed by atoms with Crippen molar-refractivity contribution in [2.24, 2.45) is 0 Å². The summed E-state index contributed by atoms with van der Waals surface area (Å²) in [7, 11) is 3.36. The molecule has 0 saturated heterocycles. The smallest absolute Gasteiger partial charge is 0.295 e. The molecule has 0 aliphatic rings. The van der Waals surface area contributed by atoms with E-state index in [4.69, 9.17) is 15.9 Å². The predicted octanol–water partition coefficient (Wildman–Crippen LogP) is 2.99. The van der Waals surface area contributed by atoms with Gasteiger partial charge in [0.2, 0.25) is 0 Å². The van der Waals surface area contributed by atoms with E-state index in [0.717, 1.165) is 11.8 Å². The fourth-order valence-electron chi connectivity index (χ4n) is 1.66. The van der Waals surface area contributed by atoms with Gasteiger partial charge in [-0.25, -0.2) is 0 Å². The van der Waals surface area contributed by atoms with Gasteiger partial charge in [-0.15, -0.1) is 0 Å². The molecule has 126 valence electrons. The highest BCUT2D eigenvalue weighted by atomic mass is 16.6. The van der Waals surface area contributed by atoms with Gasteiger partial charge in [-0.2, -0.15) is 0 Å². The number of nitro benzene ring substituents is 1. The van der Waals surface area contributed by atoms with Crippen LogP contribution in [0.15, 0.2) is 36.4 Å². The van der Waals surface area contributed by atoms with E-state index in [1.807, 2.05) is 0 Å². The Kier molecular flexibility index (Phi) is 7.75. The largest absolute Gasteiger partial charge is 0.508 e. The molecule has 0 heterocycles. The number of nitro groups is 1. The number of aromatic hydroxyl groups is 2. The van der Waals surface area contributed by atoms with E-state index in [0.29, 0.717) is 11.4 Å². The molecule has 0 bridgehead atoms. The molecular formula is C15H22N4O4. The Hall–Kier alpha value is -3.16. The van der Waals surface area contributed by atoms with Crippen molar-refractivity contribution in [2.45, 2.75) is 7.43 Å². The van der Waals surface area contributed by atoms with Gasteiger partial charge in [0.25, 0.3) is 5.69 Å². The van der Waals surface area contributed by atoms with Crippen molar-refractivity contribution >= 4 is 22.7 Å². The van der Waals surface area contributed by atoms with E-state index in [9.17, 15) is 10.1 Å². The number of benzene rings is 2. The summed E-state index contributed by atoms with van der Waals surface area (Å²) in [5.41, 5.74) is 7.16. The monoisotopic (exact) mass is 322 g/mol. The molecule has 0 atom stereocenters. The molecular weight excluding hydrogens is 300 g/mol. The minimum atomic E-state index is -0.550. The highest BCUT2D eigenvalue weighted by Crippen LogP contribution is 2.27. The first-order valence-corrected chi connectivity index (χ1v) is 6.30. The third kappa shape index (κ3) is 5.62. The summed E-state index contributed by atoms with van der Waals surface area (Å²) in [4.78, 5) is 9.84. The second-order valence-corrected chi connectivity index (χ2v) is 4.23. The van der Waals surface area contributed by atoms with E-state index in [2.05, 4.69) is 10.6 Å². The van der Waals surface area contributed by atoms with Gasteiger partial charge in [0.1, 0.15) is 17.2 Å². The summed E-state index contributed by atoms with van der Waals surface area (Å²) in [5.74, 6) is 0.0807. The Balaban J connectivity index is 0.000000409. The fourth-order valence-corrected chi connectivity index (χ4v) is 1.66. The maximum Gasteiger partial charge on any atom is 0.295 e. The summed E-state index contributed by atoms with van der Waals surface area (Å²) in [6.07, 6.45) is 0. The van der Waals surface area contributed by atoms with Crippen LogP contribution in [0.25, 0.3) is 0 Å². The molecule has 0 aliphatic heterocycles. The number of nitrogen functional groups attached to an aromatic ring is 1. The summed E-state index contributed by atoms with van der Waals surface area (Å²) in [6, 6.07) is 8.76. The van der Waals surface area contributed by atoms with Gasteiger partial charge in [0.05, 0.1) is 22.4 Å². The van der Waals surface area contributed by atoms with Gasteiger partial charge in [0.15, 0.2) is 0 Å². The van der Waals surface area contributed by atoms with Crippen LogP contribution < -0.4 is 16.4 Å². The summed E-state index contributed by atoms with van der Waals surface area (Å²) in [6.45, 7) is 0. The number of anilines is 3. The minimum Gasteiger partial charge on any atom is -0.508 e. The highest BCUT2D eigenvalue weighted by Gasteiger charge is 2.12. The lowest BCUT2D eigenvalue weighted by Gasteiger charge is -2.03. The molecule has 8 heteroatoms. The lowest BCUT2D eigenvalue weighted by atomic mass is 10.2. The van der Waals surface area contributed by atoms with Gasteiger partial charge >= 0.3 is 0 Å². The second-order valence-electron chi connectivity index (χ2n) is 4.23. The van der Waals surface area contributed by atoms with Gasteiger partial charge < -0.3 is 26.6 Å². The normalized spacial score (nSPS) is 8.96. The Bertz CT molecular complexity index is 662. The van der Waals surface area contributed by atoms with E-state index in [1.54, 1.807) is 26.2 Å². The van der Waals surface area contributed by atoms with Crippen LogP contribution in [0, 0.1) is 10.1 Å². The second kappa shape index (κ2) is 8.98. The van der Waals surface area contributed by atoms with Crippen LogP contribution in [-0.2, 0) is 0 Å². The Morgan fingerprint density at radius 2 is 1.48 bits per heavy atom. The number of phenolic OH excluding ortho intramolecular Hbond substituents is 2. The van der Waals surface area contributed by atoms with Crippen molar-refractivity contribution in [2.75, 3.05) is 30.5 Å². The van der Waals surface area contributed by atoms with Crippen molar-refractivity contribution in [3.05, 3.63) is 46.5 Å². The van der Waals surface area contributed by atoms with Crippen molar-refractivity contribution in [3.8, 4) is 11.5 Å². The Morgan fingerprint density at radius 3 is 1.91 bits per heavy atom. The third-order valence-electron chi connectivity index (χ3n) is 2.75. The topological polar surface area (TPSA) is 134 Å². The Labute approximate surface area is 134 Å². The number of nitrogens with two attached hydrogens (primary N) is 1. The van der Waals surface area contributed by atoms with Crippen LogP contribution in [0.4, 0.5) is 22.7 Å². The maximum atomic E-state index is 10.4. The number of nitrogens with zero attached hydrogens (tertiary/aromatic N) is 1. The number of phenols is 2. The molecule has 0 aromatic heterocycles. The molecule has 2 aromatic carbocycles. The van der Waals surface area contributed by atoms with Gasteiger partial charge in [-0.05, 0) is 24.3 Å². The Morgan fingerprint density at radius 1 is 1.00 bits per heavy atom. The van der Waals surface area contributed by atoms with E-state index in [-0.39, 0.29) is 24.6 Å². The number of hydrogen-bond donors (Lipinski definition) is 5. The molecule has 0 saturated carbocycles. The molecule has 23 heavy (non-hydrogen) atoms. The molecule has 0 fully saturated rings. The summed E-state index contributed by atoms with van der Waals surface area (Å²) < 4.78 is 0. The molecule has 8 nitrogen and oxygen atoms in total. The van der Waals surface area contributed by atoms with Crippen LogP contribution in [0.2, 0.25) is 0 Å². The third-order valence-corrected chi connectivity index (χ3v) is 2.75. The maximum absolute atomic E-state index is 10.4. The molecule has 2 rings (SSSR count). The van der Waals surface area contributed by atoms with Crippen molar-refractivity contribution in [1.82, 2.24) is 0 Å². The van der Waals surface area contributed by atoms with E-state index in [1.165, 1.54) is 18.2 Å². The molecule has 0 spiro atoms. The van der Waals surface area contributed by atoms with Crippen molar-refractivity contribution in [3.63, 3.8) is 0 Å². The van der Waals surface area contributed by atoms with Gasteiger partial charge in [-0.3, -0.25) is 10.1 Å². The average Bonchev–Trinajstić information content (AvgIpc) is 2.48. The molecule has 0 aliphatic carbocycles. The summed E-state index contributed by atoms with van der Waals surface area (Å²) >= 11 is 0. The first-order valence-electron chi connectivity index (χ1n) is 6.30. The van der Waals surface area contributed by atoms with Crippen molar-refractivity contribution < 1.29 is 15.1 Å². The SMILES string of the molecule is C.CNc1ccc(O)cc1N.CNc1ccc(O)cc1[N+](=O)[O-]. The standard InChI is InChI=1S/C7H8N2O3.C7H10N2O.CH4/c1-8-6-3-2-5(10)4-7(6)9(11)12;1-9-7-3-2-5(10)4-6(7)8;/h2-4,8,10H,1H3;2-4,9-10H,8H2,1H3;1H4. The molecule has 0 amide bonds. The lowest BCUT2D eigenvalue weighted by molar-refractivity contribution is -0.384. The zero-order chi connectivity index (χ0) is 16.7. The fraction of sp³-hybridized carbons (Fsp3) is 0.200. The quantitative estimate of drug-likeness (QED) is 0.254. The number of hydrogen-bond acceptors (Lipinski definition) is 7. The predicted molar refractivity (Wildman–Crippen MR) is 93.1 cm³/mol. The minimum absolute atomic E-state index is 0. The van der Waals surface area contributed by atoms with Gasteiger partial charge in [0, 0.05) is 20.2 Å². The highest BCUT2D eigenvalue weighted by molar-refractivity contribution is 5.67.